The van der Waals surface area contributed by atoms with Gasteiger partial charge in [0, 0.05) is 42.8 Å². The summed E-state index contributed by atoms with van der Waals surface area (Å²) in [5.41, 5.74) is 0.316. The van der Waals surface area contributed by atoms with E-state index in [1.165, 1.54) is 37.6 Å². The Hall–Kier alpha value is -3.27. The Morgan fingerprint density at radius 1 is 1.07 bits per heavy atom. The van der Waals surface area contributed by atoms with Gasteiger partial charge in [-0.05, 0) is 114 Å². The number of anilines is 2. The average Bonchev–Trinajstić information content (AvgIpc) is 3.93. The van der Waals surface area contributed by atoms with E-state index in [0.29, 0.717) is 36.2 Å². The lowest BCUT2D eigenvalue weighted by molar-refractivity contribution is 0.0984. The van der Waals surface area contributed by atoms with Gasteiger partial charge in [-0.1, -0.05) is 6.07 Å². The third-order valence-corrected chi connectivity index (χ3v) is 9.58. The molecule has 6 rings (SSSR count). The first-order chi connectivity index (χ1) is 20.4. The standard InChI is InChI=1S/C32H43N7O2S/c1-4-38-30-25(31(40)37-42-29-9-7-8-26(34-29)33-19-6-5-18-32(38,2)3)14-15-27(35-30)39-20-16-28(36-39)41-21-17-24(22-10-11-22)23-12-13-23/h7-9,14-16,20,22-24H,4-6,10-13,17-19,21H2,1-3H3,(H,33,34)(H,37,40). The summed E-state index contributed by atoms with van der Waals surface area (Å²) in [7, 11) is 0. The number of nitrogens with zero attached hydrogens (tertiary/aromatic N) is 5. The molecule has 2 aliphatic carbocycles. The van der Waals surface area contributed by atoms with Crippen LogP contribution in [-0.2, 0) is 0 Å². The molecule has 1 amide bonds. The van der Waals surface area contributed by atoms with Crippen LogP contribution in [0.5, 0.6) is 5.88 Å². The van der Waals surface area contributed by atoms with E-state index in [9.17, 15) is 4.79 Å². The molecule has 0 spiro atoms. The quantitative estimate of drug-likeness (QED) is 0.287. The molecule has 2 bridgehead atoms. The van der Waals surface area contributed by atoms with Crippen LogP contribution in [0.3, 0.4) is 0 Å². The number of ether oxygens (including phenoxy) is 1. The lowest BCUT2D eigenvalue weighted by Gasteiger charge is -2.40. The first kappa shape index (κ1) is 28.8. The molecule has 4 heterocycles. The lowest BCUT2D eigenvalue weighted by Crippen LogP contribution is -2.45. The molecule has 3 aromatic rings. The zero-order chi connectivity index (χ0) is 29.1. The second-order valence-electron chi connectivity index (χ2n) is 12.4. The molecule has 224 valence electrons. The molecule has 2 N–H and O–H groups in total. The summed E-state index contributed by atoms with van der Waals surface area (Å²) < 4.78 is 10.8. The molecule has 0 unspecified atom stereocenters. The highest BCUT2D eigenvalue weighted by molar-refractivity contribution is 7.97. The number of pyridine rings is 2. The minimum atomic E-state index is -0.212. The van der Waals surface area contributed by atoms with Crippen LogP contribution in [-0.4, -0.2) is 50.9 Å². The third kappa shape index (κ3) is 6.85. The van der Waals surface area contributed by atoms with Crippen LogP contribution in [0.4, 0.5) is 11.6 Å². The zero-order valence-corrected chi connectivity index (χ0v) is 25.8. The predicted octanol–water partition coefficient (Wildman–Crippen LogP) is 6.51. The Balaban J connectivity index is 1.23. The van der Waals surface area contributed by atoms with E-state index >= 15 is 0 Å². The molecule has 1 aliphatic heterocycles. The molecular weight excluding hydrogens is 546 g/mol. The smallest absolute Gasteiger partial charge is 0.265 e. The number of hydrogen-bond acceptors (Lipinski definition) is 8. The van der Waals surface area contributed by atoms with Crippen LogP contribution in [0, 0.1) is 17.8 Å². The van der Waals surface area contributed by atoms with Gasteiger partial charge in [-0.2, -0.15) is 0 Å². The summed E-state index contributed by atoms with van der Waals surface area (Å²) in [6.45, 7) is 8.85. The summed E-state index contributed by atoms with van der Waals surface area (Å²) in [5.74, 6) is 5.21. The van der Waals surface area contributed by atoms with Gasteiger partial charge in [0.05, 0.1) is 12.2 Å². The Morgan fingerprint density at radius 2 is 1.88 bits per heavy atom. The van der Waals surface area contributed by atoms with Gasteiger partial charge in [-0.15, -0.1) is 5.10 Å². The van der Waals surface area contributed by atoms with Gasteiger partial charge < -0.3 is 15.0 Å². The van der Waals surface area contributed by atoms with Gasteiger partial charge in [0.25, 0.3) is 5.91 Å². The number of rotatable bonds is 8. The maximum Gasteiger partial charge on any atom is 0.265 e. The minimum absolute atomic E-state index is 0.205. The Morgan fingerprint density at radius 3 is 2.64 bits per heavy atom. The van der Waals surface area contributed by atoms with E-state index in [2.05, 4.69) is 40.7 Å². The molecular formula is C32H43N7O2S. The minimum Gasteiger partial charge on any atom is -0.477 e. The maximum atomic E-state index is 13.6. The molecule has 3 aliphatic rings. The average molecular weight is 590 g/mol. The van der Waals surface area contributed by atoms with Crippen molar-refractivity contribution in [1.82, 2.24) is 24.5 Å². The van der Waals surface area contributed by atoms with Crippen LogP contribution in [0.25, 0.3) is 5.82 Å². The first-order valence-corrected chi connectivity index (χ1v) is 16.4. The van der Waals surface area contributed by atoms with Crippen molar-refractivity contribution in [3.8, 4) is 11.7 Å². The molecule has 2 fully saturated rings. The van der Waals surface area contributed by atoms with Gasteiger partial charge in [0.15, 0.2) is 5.82 Å². The number of fused-ring (bicyclic) bond motifs is 3. The number of nitrogens with one attached hydrogen (secondary N) is 2. The molecule has 3 aromatic heterocycles. The van der Waals surface area contributed by atoms with Crippen molar-refractivity contribution in [3.63, 3.8) is 0 Å². The summed E-state index contributed by atoms with van der Waals surface area (Å²) in [4.78, 5) is 25.5. The van der Waals surface area contributed by atoms with Crippen molar-refractivity contribution in [2.45, 2.75) is 82.7 Å². The first-order valence-electron chi connectivity index (χ1n) is 15.6. The number of amides is 1. The Labute approximate surface area is 253 Å². The van der Waals surface area contributed by atoms with Crippen LogP contribution < -0.4 is 19.7 Å². The van der Waals surface area contributed by atoms with Crippen molar-refractivity contribution >= 4 is 29.5 Å². The van der Waals surface area contributed by atoms with E-state index in [-0.39, 0.29) is 11.4 Å². The van der Waals surface area contributed by atoms with Gasteiger partial charge in [-0.25, -0.2) is 14.6 Å². The van der Waals surface area contributed by atoms with E-state index in [0.717, 1.165) is 60.8 Å². The molecule has 0 atom stereocenters. The Bertz CT molecular complexity index is 1370. The van der Waals surface area contributed by atoms with Crippen molar-refractivity contribution in [2.75, 3.05) is 29.9 Å². The van der Waals surface area contributed by atoms with Crippen molar-refractivity contribution in [1.29, 1.82) is 0 Å². The lowest BCUT2D eigenvalue weighted by atomic mass is 9.94. The number of carbonyl (C=O) groups excluding carboxylic acids is 1. The van der Waals surface area contributed by atoms with Gasteiger partial charge in [0.2, 0.25) is 5.88 Å². The fourth-order valence-electron chi connectivity index (χ4n) is 6.29. The molecule has 9 nitrogen and oxygen atoms in total. The van der Waals surface area contributed by atoms with Crippen LogP contribution in [0.2, 0.25) is 0 Å². The Kier molecular flexibility index (Phi) is 8.60. The monoisotopic (exact) mass is 589 g/mol. The van der Waals surface area contributed by atoms with Gasteiger partial charge >= 0.3 is 0 Å². The van der Waals surface area contributed by atoms with E-state index in [4.69, 9.17) is 14.8 Å². The molecule has 2 saturated carbocycles. The normalized spacial score (nSPS) is 19.3. The summed E-state index contributed by atoms with van der Waals surface area (Å²) in [5, 5.41) is 8.84. The predicted molar refractivity (Wildman–Crippen MR) is 167 cm³/mol. The number of carbonyl (C=O) groups is 1. The van der Waals surface area contributed by atoms with E-state index < -0.39 is 0 Å². The number of aromatic nitrogens is 4. The van der Waals surface area contributed by atoms with Crippen LogP contribution in [0.1, 0.15) is 82.5 Å². The van der Waals surface area contributed by atoms with E-state index in [1.54, 1.807) is 4.68 Å². The molecule has 42 heavy (non-hydrogen) atoms. The van der Waals surface area contributed by atoms with Crippen molar-refractivity contribution < 1.29 is 9.53 Å². The highest BCUT2D eigenvalue weighted by atomic mass is 32.2. The van der Waals surface area contributed by atoms with Crippen molar-refractivity contribution in [3.05, 3.63) is 48.2 Å². The molecule has 10 heteroatoms. The maximum absolute atomic E-state index is 13.6. The number of hydrogen-bond donors (Lipinski definition) is 2. The van der Waals surface area contributed by atoms with Crippen molar-refractivity contribution in [2.24, 2.45) is 17.8 Å². The fourth-order valence-corrected chi connectivity index (χ4v) is 6.89. The largest absolute Gasteiger partial charge is 0.477 e. The summed E-state index contributed by atoms with van der Waals surface area (Å²) in [6, 6.07) is 11.4. The van der Waals surface area contributed by atoms with Crippen LogP contribution >= 0.6 is 11.9 Å². The summed E-state index contributed by atoms with van der Waals surface area (Å²) >= 11 is 1.22. The third-order valence-electron chi connectivity index (χ3n) is 8.86. The molecule has 0 saturated heterocycles. The second-order valence-corrected chi connectivity index (χ2v) is 13.3. The molecule has 0 radical (unpaired) electrons. The SMILES string of the molecule is CCN1c2nc(-n3ccc(OCCC(C4CC4)C4CC4)n3)ccc2C(=O)NSc2cccc(n2)NCCCCC1(C)C. The highest BCUT2D eigenvalue weighted by Gasteiger charge is 2.41. The molecule has 0 aromatic carbocycles. The van der Waals surface area contributed by atoms with Crippen LogP contribution in [0.15, 0.2) is 47.6 Å². The highest BCUT2D eigenvalue weighted by Crippen LogP contribution is 2.50. The zero-order valence-electron chi connectivity index (χ0n) is 25.0. The van der Waals surface area contributed by atoms with E-state index in [1.807, 2.05) is 42.6 Å². The summed E-state index contributed by atoms with van der Waals surface area (Å²) in [6.07, 6.45) is 11.6. The fraction of sp³-hybridized carbons (Fsp3) is 0.562. The van der Waals surface area contributed by atoms with Gasteiger partial charge in [0.1, 0.15) is 16.7 Å². The van der Waals surface area contributed by atoms with Gasteiger partial charge in [-0.3, -0.25) is 9.52 Å². The second kappa shape index (κ2) is 12.5. The topological polar surface area (TPSA) is 97.2 Å².